The molecular weight excluding hydrogens is 353 g/mol. The van der Waals surface area contributed by atoms with Gasteiger partial charge in [-0.3, -0.25) is 4.90 Å². The normalized spacial score (nSPS) is 15.7. The number of ether oxygens (including phenoxy) is 1. The lowest BCUT2D eigenvalue weighted by atomic mass is 9.98. The third-order valence-electron chi connectivity index (χ3n) is 5.49. The fraction of sp³-hybridized carbons (Fsp3) is 0.348. The number of pyridine rings is 1. The van der Waals surface area contributed by atoms with Gasteiger partial charge >= 0.3 is 0 Å². The molecule has 0 bridgehead atoms. The minimum absolute atomic E-state index is 0.172. The van der Waals surface area contributed by atoms with Crippen molar-refractivity contribution in [3.05, 3.63) is 54.1 Å². The van der Waals surface area contributed by atoms with E-state index in [1.54, 1.807) is 19.4 Å². The molecule has 5 heteroatoms. The maximum atomic E-state index is 13.9. The van der Waals surface area contributed by atoms with Gasteiger partial charge in [0.15, 0.2) is 0 Å². The summed E-state index contributed by atoms with van der Waals surface area (Å²) >= 11 is 0. The summed E-state index contributed by atoms with van der Waals surface area (Å²) in [4.78, 5) is 10.4. The second-order valence-electron chi connectivity index (χ2n) is 8.24. The van der Waals surface area contributed by atoms with Crippen LogP contribution in [0.1, 0.15) is 32.9 Å². The zero-order valence-corrected chi connectivity index (χ0v) is 16.8. The molecule has 0 fully saturated rings. The summed E-state index contributed by atoms with van der Waals surface area (Å²) in [6, 6.07) is 8.63. The van der Waals surface area contributed by atoms with Gasteiger partial charge in [-0.1, -0.05) is 6.08 Å². The first-order valence-electron chi connectivity index (χ1n) is 9.63. The van der Waals surface area contributed by atoms with E-state index in [4.69, 9.17) is 4.74 Å². The minimum Gasteiger partial charge on any atom is -0.496 e. The summed E-state index contributed by atoms with van der Waals surface area (Å²) in [6.45, 7) is 8.71. The van der Waals surface area contributed by atoms with Crippen molar-refractivity contribution < 1.29 is 9.13 Å². The van der Waals surface area contributed by atoms with E-state index in [0.29, 0.717) is 5.75 Å². The Kier molecular flexibility index (Phi) is 4.71. The number of rotatable bonds is 3. The first kappa shape index (κ1) is 18.7. The molecule has 1 N–H and O–H groups in total. The molecule has 146 valence electrons. The predicted molar refractivity (Wildman–Crippen MR) is 112 cm³/mol. The standard InChI is InChI=1S/C23H26FN3O/c1-23(2,3)27-11-8-15(9-12-27)20-14-19-17(7-10-25-22(19)26-20)18-13-16(24)5-6-21(18)28-4/h5-8,10,13-14H,9,11-12H2,1-4H3,(H,25,26). The van der Waals surface area contributed by atoms with E-state index >= 15 is 0 Å². The van der Waals surface area contributed by atoms with Crippen LogP contribution >= 0.6 is 0 Å². The van der Waals surface area contributed by atoms with Gasteiger partial charge in [-0.25, -0.2) is 9.37 Å². The Morgan fingerprint density at radius 1 is 1.14 bits per heavy atom. The molecule has 2 aromatic heterocycles. The quantitative estimate of drug-likeness (QED) is 0.674. The molecule has 0 spiro atoms. The Hall–Kier alpha value is -2.66. The lowest BCUT2D eigenvalue weighted by Gasteiger charge is -2.37. The number of H-pyrrole nitrogens is 1. The van der Waals surface area contributed by atoms with Gasteiger partial charge in [-0.05, 0) is 68.7 Å². The smallest absolute Gasteiger partial charge is 0.138 e. The van der Waals surface area contributed by atoms with Crippen molar-refractivity contribution in [2.45, 2.75) is 32.7 Å². The molecular formula is C23H26FN3O. The third-order valence-corrected chi connectivity index (χ3v) is 5.49. The van der Waals surface area contributed by atoms with Crippen LogP contribution in [0.2, 0.25) is 0 Å². The zero-order valence-electron chi connectivity index (χ0n) is 16.8. The molecule has 28 heavy (non-hydrogen) atoms. The van der Waals surface area contributed by atoms with Gasteiger partial charge in [0.1, 0.15) is 17.2 Å². The van der Waals surface area contributed by atoms with Crippen LogP contribution in [0.3, 0.4) is 0 Å². The van der Waals surface area contributed by atoms with Crippen molar-refractivity contribution >= 4 is 16.6 Å². The van der Waals surface area contributed by atoms with Crippen LogP contribution in [0, 0.1) is 5.82 Å². The first-order valence-corrected chi connectivity index (χ1v) is 9.63. The fourth-order valence-corrected chi connectivity index (χ4v) is 3.85. The first-order chi connectivity index (χ1) is 13.4. The summed E-state index contributed by atoms with van der Waals surface area (Å²) in [5.74, 6) is 0.364. The van der Waals surface area contributed by atoms with Crippen LogP contribution in [0.15, 0.2) is 42.6 Å². The minimum atomic E-state index is -0.284. The van der Waals surface area contributed by atoms with Crippen LogP contribution in [0.5, 0.6) is 5.75 Å². The molecule has 0 saturated carbocycles. The van der Waals surface area contributed by atoms with E-state index in [-0.39, 0.29) is 11.4 Å². The Labute approximate surface area is 165 Å². The molecule has 4 rings (SSSR count). The highest BCUT2D eigenvalue weighted by Crippen LogP contribution is 2.36. The number of aromatic amines is 1. The highest BCUT2D eigenvalue weighted by Gasteiger charge is 2.24. The number of hydrogen-bond donors (Lipinski definition) is 1. The third kappa shape index (κ3) is 3.42. The van der Waals surface area contributed by atoms with Crippen LogP contribution < -0.4 is 4.74 Å². The van der Waals surface area contributed by atoms with Crippen LogP contribution in [0.25, 0.3) is 27.7 Å². The SMILES string of the molecule is COc1ccc(F)cc1-c1ccnc2[nH]c(C3=CCN(C(C)(C)C)CC3)cc12. The Balaban J connectivity index is 1.75. The Morgan fingerprint density at radius 2 is 1.96 bits per heavy atom. The summed E-state index contributed by atoms with van der Waals surface area (Å²) < 4.78 is 19.4. The van der Waals surface area contributed by atoms with E-state index in [0.717, 1.165) is 47.4 Å². The largest absolute Gasteiger partial charge is 0.496 e. The molecule has 0 saturated heterocycles. The highest BCUT2D eigenvalue weighted by molar-refractivity contribution is 5.96. The van der Waals surface area contributed by atoms with Crippen molar-refractivity contribution in [1.82, 2.24) is 14.9 Å². The average molecular weight is 379 g/mol. The van der Waals surface area contributed by atoms with Gasteiger partial charge in [0.05, 0.1) is 7.11 Å². The van der Waals surface area contributed by atoms with E-state index in [1.165, 1.54) is 17.7 Å². The van der Waals surface area contributed by atoms with Crippen molar-refractivity contribution in [2.75, 3.05) is 20.2 Å². The Morgan fingerprint density at radius 3 is 2.64 bits per heavy atom. The van der Waals surface area contributed by atoms with Gasteiger partial charge in [0.2, 0.25) is 0 Å². The number of benzene rings is 1. The summed E-state index contributed by atoms with van der Waals surface area (Å²) in [6.07, 6.45) is 5.03. The van der Waals surface area contributed by atoms with E-state index < -0.39 is 0 Å². The Bertz CT molecular complexity index is 1050. The van der Waals surface area contributed by atoms with Crippen LogP contribution in [-0.4, -0.2) is 40.6 Å². The van der Waals surface area contributed by atoms with E-state index in [1.807, 2.05) is 6.07 Å². The molecule has 3 aromatic rings. The van der Waals surface area contributed by atoms with Gasteiger partial charge in [-0.2, -0.15) is 0 Å². The summed E-state index contributed by atoms with van der Waals surface area (Å²) in [7, 11) is 1.60. The van der Waals surface area contributed by atoms with Gasteiger partial charge < -0.3 is 9.72 Å². The van der Waals surface area contributed by atoms with E-state index in [9.17, 15) is 4.39 Å². The molecule has 0 aliphatic carbocycles. The molecule has 0 atom stereocenters. The predicted octanol–water partition coefficient (Wildman–Crippen LogP) is 5.27. The maximum absolute atomic E-state index is 13.9. The number of halogens is 1. The lowest BCUT2D eigenvalue weighted by molar-refractivity contribution is 0.153. The van der Waals surface area contributed by atoms with Crippen molar-refractivity contribution in [2.24, 2.45) is 0 Å². The fourth-order valence-electron chi connectivity index (χ4n) is 3.85. The highest BCUT2D eigenvalue weighted by atomic mass is 19.1. The molecule has 4 nitrogen and oxygen atoms in total. The maximum Gasteiger partial charge on any atom is 0.138 e. The number of fused-ring (bicyclic) bond motifs is 1. The average Bonchev–Trinajstić information content (AvgIpc) is 3.11. The molecule has 0 amide bonds. The van der Waals surface area contributed by atoms with Crippen molar-refractivity contribution in [3.8, 4) is 16.9 Å². The van der Waals surface area contributed by atoms with Gasteiger partial charge in [-0.15, -0.1) is 0 Å². The molecule has 1 aliphatic heterocycles. The second kappa shape index (κ2) is 7.06. The molecule has 0 unspecified atom stereocenters. The van der Waals surface area contributed by atoms with Crippen molar-refractivity contribution in [1.29, 1.82) is 0 Å². The van der Waals surface area contributed by atoms with Crippen molar-refractivity contribution in [3.63, 3.8) is 0 Å². The van der Waals surface area contributed by atoms with E-state index in [2.05, 4.69) is 47.8 Å². The van der Waals surface area contributed by atoms with Gasteiger partial charge in [0, 0.05) is 41.5 Å². The summed E-state index contributed by atoms with van der Waals surface area (Å²) in [5, 5.41) is 0.973. The molecule has 0 radical (unpaired) electrons. The second-order valence-corrected chi connectivity index (χ2v) is 8.24. The monoisotopic (exact) mass is 379 g/mol. The van der Waals surface area contributed by atoms with Crippen LogP contribution in [-0.2, 0) is 0 Å². The number of nitrogens with one attached hydrogen (secondary N) is 1. The topological polar surface area (TPSA) is 41.1 Å². The zero-order chi connectivity index (χ0) is 19.9. The lowest BCUT2D eigenvalue weighted by Crippen LogP contribution is -2.43. The molecule has 1 aliphatic rings. The molecule has 1 aromatic carbocycles. The van der Waals surface area contributed by atoms with Crippen LogP contribution in [0.4, 0.5) is 4.39 Å². The summed E-state index contributed by atoms with van der Waals surface area (Å²) in [5.41, 5.74) is 5.01. The molecule has 3 heterocycles. The number of methoxy groups -OCH3 is 1. The number of hydrogen-bond acceptors (Lipinski definition) is 3. The number of aromatic nitrogens is 2. The number of nitrogens with zero attached hydrogens (tertiary/aromatic N) is 2. The van der Waals surface area contributed by atoms with Gasteiger partial charge in [0.25, 0.3) is 0 Å².